The molecule has 2 aromatic rings. The zero-order valence-electron chi connectivity index (χ0n) is 12.0. The zero-order chi connectivity index (χ0) is 14.7. The molecule has 0 saturated carbocycles. The second kappa shape index (κ2) is 6.48. The van der Waals surface area contributed by atoms with E-state index in [0.717, 1.165) is 0 Å². The molecule has 0 fully saturated rings. The van der Waals surface area contributed by atoms with Crippen molar-refractivity contribution in [1.29, 1.82) is 0 Å². The first-order chi connectivity index (χ1) is 9.49. The summed E-state index contributed by atoms with van der Waals surface area (Å²) < 4.78 is 13.6. The van der Waals surface area contributed by atoms with Crippen molar-refractivity contribution in [1.82, 2.24) is 5.32 Å². The Kier molecular flexibility index (Phi) is 4.91. The average molecular weight is 293 g/mol. The van der Waals surface area contributed by atoms with Crippen LogP contribution in [0.2, 0.25) is 0 Å². The van der Waals surface area contributed by atoms with Crippen LogP contribution in [0.5, 0.6) is 0 Å². The highest BCUT2D eigenvalue weighted by molar-refractivity contribution is 7.12. The van der Waals surface area contributed by atoms with Crippen LogP contribution in [-0.4, -0.2) is 11.7 Å². The lowest BCUT2D eigenvalue weighted by atomic mass is 10.1. The second-order valence-corrected chi connectivity index (χ2v) is 6.50. The van der Waals surface area contributed by atoms with Crippen LogP contribution in [0.3, 0.4) is 0 Å². The molecule has 1 aromatic heterocycles. The lowest BCUT2D eigenvalue weighted by Crippen LogP contribution is -2.25. The Morgan fingerprint density at radius 1 is 1.25 bits per heavy atom. The van der Waals surface area contributed by atoms with E-state index in [1.807, 2.05) is 0 Å². The van der Waals surface area contributed by atoms with Crippen molar-refractivity contribution in [3.8, 4) is 0 Å². The van der Waals surface area contributed by atoms with Crippen LogP contribution in [0.4, 0.5) is 4.39 Å². The van der Waals surface area contributed by atoms with E-state index in [-0.39, 0.29) is 11.9 Å². The minimum Gasteiger partial charge on any atom is -0.387 e. The molecule has 2 nitrogen and oxygen atoms in total. The third-order valence-corrected chi connectivity index (χ3v) is 4.41. The topological polar surface area (TPSA) is 32.3 Å². The fourth-order valence-electron chi connectivity index (χ4n) is 2.33. The van der Waals surface area contributed by atoms with Crippen LogP contribution in [0, 0.1) is 19.7 Å². The van der Waals surface area contributed by atoms with E-state index in [1.54, 1.807) is 29.5 Å². The van der Waals surface area contributed by atoms with Crippen molar-refractivity contribution in [3.05, 3.63) is 57.0 Å². The third-order valence-electron chi connectivity index (χ3n) is 3.43. The molecule has 0 bridgehead atoms. The van der Waals surface area contributed by atoms with Crippen molar-refractivity contribution >= 4 is 11.3 Å². The number of thiophene rings is 1. The van der Waals surface area contributed by atoms with Crippen molar-refractivity contribution in [2.24, 2.45) is 0 Å². The molecule has 4 heteroatoms. The minimum absolute atomic E-state index is 0.140. The van der Waals surface area contributed by atoms with Gasteiger partial charge in [0.05, 0.1) is 6.10 Å². The number of halogens is 1. The fourth-order valence-corrected chi connectivity index (χ4v) is 3.36. The van der Waals surface area contributed by atoms with E-state index in [4.69, 9.17) is 0 Å². The summed E-state index contributed by atoms with van der Waals surface area (Å²) in [6.45, 7) is 6.57. The maximum Gasteiger partial charge on any atom is 0.129 e. The molecule has 1 aromatic carbocycles. The van der Waals surface area contributed by atoms with Gasteiger partial charge in [0.1, 0.15) is 5.82 Å². The first-order valence-electron chi connectivity index (χ1n) is 6.72. The highest BCUT2D eigenvalue weighted by Crippen LogP contribution is 2.26. The van der Waals surface area contributed by atoms with Crippen molar-refractivity contribution < 1.29 is 9.50 Å². The Morgan fingerprint density at radius 2 is 1.95 bits per heavy atom. The molecule has 0 spiro atoms. The summed E-state index contributed by atoms with van der Waals surface area (Å²) in [7, 11) is 0. The van der Waals surface area contributed by atoms with Gasteiger partial charge in [-0.05, 0) is 38.5 Å². The quantitative estimate of drug-likeness (QED) is 0.876. The van der Waals surface area contributed by atoms with Gasteiger partial charge in [-0.15, -0.1) is 11.3 Å². The van der Waals surface area contributed by atoms with Gasteiger partial charge in [-0.1, -0.05) is 18.2 Å². The summed E-state index contributed by atoms with van der Waals surface area (Å²) in [4.78, 5) is 2.56. The molecule has 0 aliphatic rings. The molecule has 0 aliphatic heterocycles. The van der Waals surface area contributed by atoms with Crippen molar-refractivity contribution in [2.45, 2.75) is 32.9 Å². The summed E-state index contributed by atoms with van der Waals surface area (Å²) >= 11 is 1.77. The number of hydrogen-bond donors (Lipinski definition) is 2. The summed E-state index contributed by atoms with van der Waals surface area (Å²) in [5, 5.41) is 13.3. The third kappa shape index (κ3) is 3.45. The predicted molar refractivity (Wildman–Crippen MR) is 81.6 cm³/mol. The summed E-state index contributed by atoms with van der Waals surface area (Å²) in [6, 6.07) is 8.64. The number of aliphatic hydroxyl groups excluding tert-OH is 1. The van der Waals surface area contributed by atoms with Crippen LogP contribution in [-0.2, 0) is 0 Å². The normalized spacial score (nSPS) is 14.2. The average Bonchev–Trinajstić information content (AvgIpc) is 2.75. The van der Waals surface area contributed by atoms with Crippen LogP contribution in [0.1, 0.15) is 40.0 Å². The first-order valence-corrected chi connectivity index (χ1v) is 7.53. The molecule has 0 radical (unpaired) electrons. The Labute approximate surface area is 123 Å². The summed E-state index contributed by atoms with van der Waals surface area (Å²) in [5.41, 5.74) is 1.58. The van der Waals surface area contributed by atoms with Crippen LogP contribution < -0.4 is 5.32 Å². The second-order valence-electron chi connectivity index (χ2n) is 5.04. The lowest BCUT2D eigenvalue weighted by Gasteiger charge is -2.18. The monoisotopic (exact) mass is 293 g/mol. The van der Waals surface area contributed by atoms with Crippen LogP contribution >= 0.6 is 11.3 Å². The van der Waals surface area contributed by atoms with E-state index in [9.17, 15) is 9.50 Å². The van der Waals surface area contributed by atoms with E-state index in [0.29, 0.717) is 12.1 Å². The lowest BCUT2D eigenvalue weighted by molar-refractivity contribution is 0.166. The highest BCUT2D eigenvalue weighted by atomic mass is 32.1. The molecule has 0 saturated heterocycles. The van der Waals surface area contributed by atoms with E-state index < -0.39 is 6.10 Å². The van der Waals surface area contributed by atoms with Gasteiger partial charge in [0.15, 0.2) is 0 Å². The summed E-state index contributed by atoms with van der Waals surface area (Å²) in [6.07, 6.45) is -0.835. The number of nitrogens with one attached hydrogen (secondary N) is 1. The van der Waals surface area contributed by atoms with Gasteiger partial charge in [-0.25, -0.2) is 4.39 Å². The van der Waals surface area contributed by atoms with E-state index >= 15 is 0 Å². The summed E-state index contributed by atoms with van der Waals surface area (Å²) in [5.74, 6) is -0.364. The SMILES string of the molecule is Cc1cc(C(C)NCC(O)c2ccccc2F)c(C)s1. The van der Waals surface area contributed by atoms with Crippen LogP contribution in [0.25, 0.3) is 0 Å². The molecule has 2 N–H and O–H groups in total. The molecule has 2 atom stereocenters. The zero-order valence-corrected chi connectivity index (χ0v) is 12.8. The molecule has 1 heterocycles. The number of aliphatic hydroxyl groups is 1. The molecular formula is C16H20FNOS. The Hall–Kier alpha value is -1.23. The highest BCUT2D eigenvalue weighted by Gasteiger charge is 2.15. The van der Waals surface area contributed by atoms with Gasteiger partial charge in [0.25, 0.3) is 0 Å². The number of aryl methyl sites for hydroxylation is 2. The van der Waals surface area contributed by atoms with E-state index in [2.05, 4.69) is 32.2 Å². The van der Waals surface area contributed by atoms with Gasteiger partial charge in [-0.2, -0.15) is 0 Å². The molecule has 2 rings (SSSR count). The number of benzene rings is 1. The Bertz CT molecular complexity index is 582. The standard InChI is InChI=1S/C16H20FNOS/c1-10-8-14(12(3)20-10)11(2)18-9-16(19)13-6-4-5-7-15(13)17/h4-8,11,16,18-19H,9H2,1-3H3. The van der Waals surface area contributed by atoms with Crippen LogP contribution in [0.15, 0.2) is 30.3 Å². The molecular weight excluding hydrogens is 273 g/mol. The van der Waals surface area contributed by atoms with Crippen molar-refractivity contribution in [2.75, 3.05) is 6.54 Å². The predicted octanol–water partition coefficient (Wildman–Crippen LogP) is 3.89. The van der Waals surface area contributed by atoms with Gasteiger partial charge < -0.3 is 10.4 Å². The van der Waals surface area contributed by atoms with E-state index in [1.165, 1.54) is 21.4 Å². The van der Waals surface area contributed by atoms with Crippen molar-refractivity contribution in [3.63, 3.8) is 0 Å². The maximum absolute atomic E-state index is 13.6. The minimum atomic E-state index is -0.835. The number of rotatable bonds is 5. The van der Waals surface area contributed by atoms with Gasteiger partial charge in [-0.3, -0.25) is 0 Å². The smallest absolute Gasteiger partial charge is 0.129 e. The van der Waals surface area contributed by atoms with Gasteiger partial charge in [0.2, 0.25) is 0 Å². The van der Waals surface area contributed by atoms with Gasteiger partial charge >= 0.3 is 0 Å². The largest absolute Gasteiger partial charge is 0.387 e. The fraction of sp³-hybridized carbons (Fsp3) is 0.375. The first kappa shape index (κ1) is 15.2. The molecule has 0 aliphatic carbocycles. The Morgan fingerprint density at radius 3 is 2.55 bits per heavy atom. The molecule has 108 valence electrons. The Balaban J connectivity index is 1.98. The van der Waals surface area contributed by atoms with Gasteiger partial charge in [0, 0.05) is 27.9 Å². The molecule has 2 unspecified atom stereocenters. The number of hydrogen-bond acceptors (Lipinski definition) is 3. The molecule has 20 heavy (non-hydrogen) atoms. The maximum atomic E-state index is 13.6. The molecule has 0 amide bonds.